The minimum Gasteiger partial charge on any atom is -0.233 e. The van der Waals surface area contributed by atoms with Gasteiger partial charge in [0.2, 0.25) is 0 Å². The third kappa shape index (κ3) is 1.56. The Labute approximate surface area is 99.2 Å². The van der Waals surface area contributed by atoms with Crippen LogP contribution in [0.1, 0.15) is 5.56 Å². The highest BCUT2D eigenvalue weighted by molar-refractivity contribution is 7.77. The van der Waals surface area contributed by atoms with E-state index in [1.54, 1.807) is 0 Å². The Morgan fingerprint density at radius 1 is 1.07 bits per heavy atom. The van der Waals surface area contributed by atoms with Crippen LogP contribution in [0, 0.1) is 10.1 Å². The highest BCUT2D eigenvalue weighted by Gasteiger charge is 2.04. The molecule has 0 radical (unpaired) electrons. The average molecular weight is 250 g/mol. The van der Waals surface area contributed by atoms with E-state index >= 15 is 0 Å². The Hall–Kier alpha value is -0.910. The van der Waals surface area contributed by atoms with Gasteiger partial charge in [-0.3, -0.25) is 0 Å². The van der Waals surface area contributed by atoms with Crippen molar-refractivity contribution in [3.05, 3.63) is 26.9 Å². The summed E-state index contributed by atoms with van der Waals surface area (Å²) in [5, 5.41) is 0. The Morgan fingerprint density at radius 3 is 2.47 bits per heavy atom. The van der Waals surface area contributed by atoms with E-state index in [4.69, 9.17) is 12.2 Å². The van der Waals surface area contributed by atoms with Crippen molar-refractivity contribution in [3.63, 3.8) is 0 Å². The van der Waals surface area contributed by atoms with Gasteiger partial charge in [-0.1, -0.05) is 41.0 Å². The Morgan fingerprint density at radius 2 is 1.73 bits per heavy atom. The quantitative estimate of drug-likeness (QED) is 0.565. The minimum absolute atomic E-state index is 0.886. The highest BCUT2D eigenvalue weighted by Crippen LogP contribution is 2.26. The number of hydrogen-bond donors (Lipinski definition) is 0. The molecule has 3 aromatic rings. The number of rotatable bonds is 0. The van der Waals surface area contributed by atoms with E-state index in [1.807, 2.05) is 6.07 Å². The number of aromatic nitrogens is 2. The fourth-order valence-corrected chi connectivity index (χ4v) is 3.68. The molecule has 0 spiro atoms. The molecule has 0 aliphatic rings. The van der Waals surface area contributed by atoms with E-state index in [0.29, 0.717) is 0 Å². The number of fused-ring (bicyclic) bond motifs is 2. The van der Waals surface area contributed by atoms with Crippen molar-refractivity contribution in [1.82, 2.24) is 9.97 Å². The molecule has 0 aliphatic carbocycles. The van der Waals surface area contributed by atoms with E-state index in [9.17, 15) is 0 Å². The third-order valence-corrected chi connectivity index (χ3v) is 4.54. The van der Waals surface area contributed by atoms with Gasteiger partial charge >= 0.3 is 0 Å². The largest absolute Gasteiger partial charge is 0.233 e. The van der Waals surface area contributed by atoms with Gasteiger partial charge in [-0.15, -0.1) is 0 Å². The number of nitrogens with zero attached hydrogens (tertiary/aromatic N) is 2. The average Bonchev–Trinajstić information content (AvgIpc) is 2.53. The van der Waals surface area contributed by atoms with Crippen molar-refractivity contribution < 1.29 is 0 Å². The van der Waals surface area contributed by atoms with Gasteiger partial charge in [-0.05, 0) is 24.6 Å². The molecule has 0 saturated heterocycles. The maximum Gasteiger partial charge on any atom is 0.155 e. The highest BCUT2D eigenvalue weighted by atomic mass is 32.2. The van der Waals surface area contributed by atoms with E-state index < -0.39 is 0 Å². The second-order valence-corrected chi connectivity index (χ2v) is 6.46. The first-order valence-electron chi connectivity index (χ1n) is 4.40. The van der Waals surface area contributed by atoms with E-state index in [1.165, 1.54) is 28.2 Å². The molecule has 0 fully saturated rings. The Bertz CT molecular complexity index is 711. The van der Waals surface area contributed by atoms with E-state index in [-0.39, 0.29) is 0 Å². The van der Waals surface area contributed by atoms with Crippen LogP contribution in [0.25, 0.3) is 20.7 Å². The van der Waals surface area contributed by atoms with Crippen molar-refractivity contribution in [3.8, 4) is 0 Å². The van der Waals surface area contributed by atoms with Crippen LogP contribution in [0.15, 0.2) is 18.2 Å². The third-order valence-electron chi connectivity index (χ3n) is 2.12. The molecular formula is C10H6N2S3. The summed E-state index contributed by atoms with van der Waals surface area (Å²) in [4.78, 5) is 11.0. The van der Waals surface area contributed by atoms with E-state index in [0.717, 1.165) is 23.8 Å². The summed E-state index contributed by atoms with van der Waals surface area (Å²) in [5.41, 5.74) is 3.10. The van der Waals surface area contributed by atoms with Crippen molar-refractivity contribution in [2.24, 2.45) is 0 Å². The predicted molar refractivity (Wildman–Crippen MR) is 68.4 cm³/mol. The zero-order valence-corrected chi connectivity index (χ0v) is 10.3. The first-order valence-corrected chi connectivity index (χ1v) is 6.44. The normalized spacial score (nSPS) is 11.3. The summed E-state index contributed by atoms with van der Waals surface area (Å²) in [6.45, 7) is 2.06. The van der Waals surface area contributed by atoms with Crippen molar-refractivity contribution in [1.29, 1.82) is 0 Å². The summed E-state index contributed by atoms with van der Waals surface area (Å²) in [6.07, 6.45) is 0. The summed E-state index contributed by atoms with van der Waals surface area (Å²) in [5.74, 6) is 0. The zero-order valence-electron chi connectivity index (χ0n) is 7.85. The van der Waals surface area contributed by atoms with Gasteiger partial charge in [-0.2, -0.15) is 0 Å². The maximum atomic E-state index is 5.13. The summed E-state index contributed by atoms with van der Waals surface area (Å²) in [6, 6.07) is 6.11. The predicted octanol–water partition coefficient (Wildman–Crippen LogP) is 3.94. The molecule has 1 aromatic carbocycles. The van der Waals surface area contributed by atoms with Gasteiger partial charge < -0.3 is 0 Å². The first-order chi connectivity index (χ1) is 7.22. The van der Waals surface area contributed by atoms with Crippen LogP contribution in [-0.2, 0) is 0 Å². The molecule has 74 valence electrons. The Kier molecular flexibility index (Phi) is 2.05. The molecule has 0 bridgehead atoms. The summed E-state index contributed by atoms with van der Waals surface area (Å²) >= 11 is 8.20. The topological polar surface area (TPSA) is 25.8 Å². The molecule has 2 aromatic heterocycles. The summed E-state index contributed by atoms with van der Waals surface area (Å²) in [7, 11) is 0. The monoisotopic (exact) mass is 250 g/mol. The molecule has 0 atom stereocenters. The molecule has 2 heterocycles. The molecule has 0 amide bonds. The fraction of sp³-hybridized carbons (Fsp3) is 0.100. The molecule has 0 aliphatic heterocycles. The lowest BCUT2D eigenvalue weighted by Crippen LogP contribution is -1.83. The van der Waals surface area contributed by atoms with Gasteiger partial charge in [0.05, 0.1) is 11.0 Å². The summed E-state index contributed by atoms with van der Waals surface area (Å²) < 4.78 is 0.886. The standard InChI is InChI=1S/C10H6N2S3/c1-5-2-3-6-7(4-5)12-9-8(11-6)14-10(13)15-9/h2-4H,1H3. The van der Waals surface area contributed by atoms with Gasteiger partial charge in [0, 0.05) is 0 Å². The van der Waals surface area contributed by atoms with Crippen LogP contribution in [-0.4, -0.2) is 9.97 Å². The molecule has 0 unspecified atom stereocenters. The maximum absolute atomic E-state index is 5.13. The molecular weight excluding hydrogens is 244 g/mol. The molecule has 3 rings (SSSR count). The molecule has 0 N–H and O–H groups in total. The number of aryl methyl sites for hydroxylation is 1. The van der Waals surface area contributed by atoms with Gasteiger partial charge in [0.25, 0.3) is 0 Å². The fourth-order valence-electron chi connectivity index (χ4n) is 1.44. The molecule has 0 saturated carbocycles. The lowest BCUT2D eigenvalue weighted by atomic mass is 10.2. The van der Waals surface area contributed by atoms with Crippen LogP contribution in [0.4, 0.5) is 0 Å². The van der Waals surface area contributed by atoms with Crippen molar-refractivity contribution in [2.75, 3.05) is 0 Å². The second kappa shape index (κ2) is 3.30. The van der Waals surface area contributed by atoms with Crippen LogP contribution in [0.3, 0.4) is 0 Å². The minimum atomic E-state index is 0.886. The lowest BCUT2D eigenvalue weighted by molar-refractivity contribution is 1.40. The molecule has 2 nitrogen and oxygen atoms in total. The first kappa shape index (κ1) is 9.33. The van der Waals surface area contributed by atoms with Crippen molar-refractivity contribution >= 4 is 55.6 Å². The molecule has 5 heteroatoms. The zero-order chi connectivity index (χ0) is 10.4. The number of hydrogen-bond acceptors (Lipinski definition) is 5. The SMILES string of the molecule is Cc1ccc2nc3sc(=S)sc3nc2c1. The van der Waals surface area contributed by atoms with Gasteiger partial charge in [-0.25, -0.2) is 9.97 Å². The van der Waals surface area contributed by atoms with Crippen LogP contribution in [0.2, 0.25) is 0 Å². The Balaban J connectivity index is 2.51. The smallest absolute Gasteiger partial charge is 0.155 e. The number of benzene rings is 1. The van der Waals surface area contributed by atoms with Crippen LogP contribution < -0.4 is 0 Å². The van der Waals surface area contributed by atoms with Gasteiger partial charge in [0.1, 0.15) is 3.14 Å². The molecule has 15 heavy (non-hydrogen) atoms. The second-order valence-electron chi connectivity index (χ2n) is 3.28. The lowest BCUT2D eigenvalue weighted by Gasteiger charge is -1.97. The van der Waals surface area contributed by atoms with Crippen LogP contribution >= 0.6 is 34.9 Å². The van der Waals surface area contributed by atoms with Gasteiger partial charge in [0.15, 0.2) is 9.66 Å². The van der Waals surface area contributed by atoms with Crippen LogP contribution in [0.5, 0.6) is 0 Å². The van der Waals surface area contributed by atoms with Crippen molar-refractivity contribution in [2.45, 2.75) is 6.92 Å². The van der Waals surface area contributed by atoms with E-state index in [2.05, 4.69) is 29.0 Å².